The first-order chi connectivity index (χ1) is 5.54. The van der Waals surface area contributed by atoms with Crippen LogP contribution < -0.4 is 5.73 Å². The average molecular weight is 175 g/mol. The molecule has 0 heterocycles. The van der Waals surface area contributed by atoms with Crippen LogP contribution in [-0.4, -0.2) is 37.3 Å². The molecule has 0 saturated carbocycles. The number of amides is 2. The molecule has 0 saturated heterocycles. The van der Waals surface area contributed by atoms with Gasteiger partial charge in [-0.05, 0) is 0 Å². The Morgan fingerprint density at radius 2 is 1.58 bits per heavy atom. The summed E-state index contributed by atoms with van der Waals surface area (Å²) in [7, 11) is 2.11. The number of nitrogens with one attached hydrogen (secondary N) is 1. The molecule has 0 aromatic carbocycles. The molecule has 2 amide bonds. The van der Waals surface area contributed by atoms with Crippen molar-refractivity contribution >= 4 is 18.1 Å². The summed E-state index contributed by atoms with van der Waals surface area (Å²) in [6.45, 7) is 0. The normalized spacial score (nSPS) is 8.50. The standard InChI is InChI=1S/C5H9N3O4/c1-11-4(9)8(3(6)7)5(10)12-2/h1-2H3,(H3,6,7). The zero-order chi connectivity index (χ0) is 9.72. The smallest absolute Gasteiger partial charge is 0.426 e. The summed E-state index contributed by atoms with van der Waals surface area (Å²) < 4.78 is 8.32. The van der Waals surface area contributed by atoms with Crippen molar-refractivity contribution in [1.29, 1.82) is 5.41 Å². The van der Waals surface area contributed by atoms with Crippen LogP contribution in [0.4, 0.5) is 9.59 Å². The lowest BCUT2D eigenvalue weighted by molar-refractivity contribution is 0.119. The van der Waals surface area contributed by atoms with Gasteiger partial charge >= 0.3 is 12.2 Å². The lowest BCUT2D eigenvalue weighted by atomic mass is 10.7. The lowest BCUT2D eigenvalue weighted by Crippen LogP contribution is -2.45. The Morgan fingerprint density at radius 1 is 1.25 bits per heavy atom. The molecule has 0 aliphatic heterocycles. The van der Waals surface area contributed by atoms with Gasteiger partial charge in [-0.3, -0.25) is 5.41 Å². The zero-order valence-corrected chi connectivity index (χ0v) is 6.66. The van der Waals surface area contributed by atoms with E-state index >= 15 is 0 Å². The van der Waals surface area contributed by atoms with Crippen LogP contribution in [0.15, 0.2) is 0 Å². The van der Waals surface area contributed by atoms with Crippen LogP contribution in [0.3, 0.4) is 0 Å². The van der Waals surface area contributed by atoms with Crippen LogP contribution in [0, 0.1) is 5.41 Å². The van der Waals surface area contributed by atoms with Crippen molar-refractivity contribution in [3.8, 4) is 0 Å². The van der Waals surface area contributed by atoms with Crippen LogP contribution in [0.1, 0.15) is 0 Å². The molecule has 12 heavy (non-hydrogen) atoms. The van der Waals surface area contributed by atoms with Crippen molar-refractivity contribution in [3.63, 3.8) is 0 Å². The summed E-state index contributed by atoms with van der Waals surface area (Å²) in [4.78, 5) is 21.7. The minimum atomic E-state index is -1.06. The third-order valence-corrected chi connectivity index (χ3v) is 0.955. The maximum Gasteiger partial charge on any atom is 0.426 e. The van der Waals surface area contributed by atoms with Gasteiger partial charge in [0.15, 0.2) is 0 Å². The van der Waals surface area contributed by atoms with Crippen LogP contribution in [0.5, 0.6) is 0 Å². The van der Waals surface area contributed by atoms with Crippen molar-refractivity contribution in [1.82, 2.24) is 4.90 Å². The summed E-state index contributed by atoms with van der Waals surface area (Å²) >= 11 is 0. The number of carbonyl (C=O) groups is 2. The van der Waals surface area contributed by atoms with Crippen molar-refractivity contribution in [3.05, 3.63) is 0 Å². The predicted molar refractivity (Wildman–Crippen MR) is 38.6 cm³/mol. The summed E-state index contributed by atoms with van der Waals surface area (Å²) in [6, 6.07) is 0. The van der Waals surface area contributed by atoms with E-state index in [4.69, 9.17) is 11.1 Å². The highest BCUT2D eigenvalue weighted by molar-refractivity contribution is 6.05. The molecule has 0 spiro atoms. The Labute approximate surface area is 68.5 Å². The third kappa shape index (κ3) is 2.11. The van der Waals surface area contributed by atoms with Gasteiger partial charge < -0.3 is 15.2 Å². The molecule has 0 aromatic rings. The van der Waals surface area contributed by atoms with Crippen molar-refractivity contribution in [2.45, 2.75) is 0 Å². The topological polar surface area (TPSA) is 106 Å². The number of nitrogens with two attached hydrogens (primary N) is 1. The minimum Gasteiger partial charge on any atom is -0.452 e. The van der Waals surface area contributed by atoms with E-state index in [1.54, 1.807) is 0 Å². The highest BCUT2D eigenvalue weighted by Crippen LogP contribution is 1.94. The molecule has 3 N–H and O–H groups in total. The summed E-state index contributed by atoms with van der Waals surface area (Å²) in [5.41, 5.74) is 4.90. The van der Waals surface area contributed by atoms with Gasteiger partial charge in [-0.2, -0.15) is 0 Å². The first kappa shape index (κ1) is 10.2. The quantitative estimate of drug-likeness (QED) is 0.389. The number of hydrogen-bond donors (Lipinski definition) is 2. The van der Waals surface area contributed by atoms with Gasteiger partial charge in [-0.25, -0.2) is 9.59 Å². The monoisotopic (exact) mass is 175 g/mol. The van der Waals surface area contributed by atoms with E-state index in [1.807, 2.05) is 0 Å². The summed E-state index contributed by atoms with van der Waals surface area (Å²) in [5, 5.41) is 6.82. The van der Waals surface area contributed by atoms with Crippen molar-refractivity contribution < 1.29 is 19.1 Å². The molecule has 0 aliphatic rings. The maximum absolute atomic E-state index is 10.7. The molecule has 0 fully saturated rings. The SMILES string of the molecule is COC(=O)N(C(=N)N)C(=O)OC. The van der Waals surface area contributed by atoms with Crippen molar-refractivity contribution in [2.24, 2.45) is 5.73 Å². The number of carbonyl (C=O) groups excluding carboxylic acids is 2. The molecule has 0 bridgehead atoms. The molecule has 0 aliphatic carbocycles. The average Bonchev–Trinajstić information content (AvgIpc) is 2.03. The Morgan fingerprint density at radius 3 is 1.75 bits per heavy atom. The highest BCUT2D eigenvalue weighted by atomic mass is 16.6. The summed E-state index contributed by atoms with van der Waals surface area (Å²) in [5.74, 6) is -0.756. The number of imide groups is 1. The molecule has 0 unspecified atom stereocenters. The van der Waals surface area contributed by atoms with Crippen LogP contribution >= 0.6 is 0 Å². The molecular formula is C5H9N3O4. The largest absolute Gasteiger partial charge is 0.452 e. The second kappa shape index (κ2) is 4.16. The van der Waals surface area contributed by atoms with Gasteiger partial charge in [0.2, 0.25) is 5.96 Å². The van der Waals surface area contributed by atoms with Crippen molar-refractivity contribution in [2.75, 3.05) is 14.2 Å². The number of rotatable bonds is 0. The number of nitrogens with zero attached hydrogens (tertiary/aromatic N) is 1. The fourth-order valence-electron chi connectivity index (χ4n) is 0.454. The first-order valence-electron chi connectivity index (χ1n) is 2.84. The van der Waals surface area contributed by atoms with E-state index in [2.05, 4.69) is 9.47 Å². The molecule has 0 atom stereocenters. The number of hydrogen-bond acceptors (Lipinski definition) is 5. The second-order valence-electron chi connectivity index (χ2n) is 1.66. The minimum absolute atomic E-state index is 0.250. The van der Waals surface area contributed by atoms with E-state index < -0.39 is 18.1 Å². The predicted octanol–water partition coefficient (Wildman–Crippen LogP) is -0.285. The van der Waals surface area contributed by atoms with Gasteiger partial charge in [0, 0.05) is 0 Å². The Hall–Kier alpha value is -1.79. The zero-order valence-electron chi connectivity index (χ0n) is 6.66. The second-order valence-corrected chi connectivity index (χ2v) is 1.66. The molecule has 0 aromatic heterocycles. The Kier molecular flexibility index (Phi) is 3.54. The molecule has 7 nitrogen and oxygen atoms in total. The van der Waals surface area contributed by atoms with Crippen LogP contribution in [0.25, 0.3) is 0 Å². The number of ether oxygens (including phenoxy) is 2. The third-order valence-electron chi connectivity index (χ3n) is 0.955. The van der Waals surface area contributed by atoms with Crippen LogP contribution in [-0.2, 0) is 9.47 Å². The van der Waals surface area contributed by atoms with Gasteiger partial charge in [0.25, 0.3) is 0 Å². The molecule has 68 valence electrons. The molecule has 0 rings (SSSR count). The fraction of sp³-hybridized carbons (Fsp3) is 0.400. The molecule has 7 heteroatoms. The number of guanidine groups is 1. The molecular weight excluding hydrogens is 166 g/mol. The fourth-order valence-corrected chi connectivity index (χ4v) is 0.454. The lowest BCUT2D eigenvalue weighted by Gasteiger charge is -2.14. The van der Waals surface area contributed by atoms with E-state index in [9.17, 15) is 9.59 Å². The summed E-state index contributed by atoms with van der Waals surface area (Å²) in [6.07, 6.45) is -2.12. The van der Waals surface area contributed by atoms with E-state index in [1.165, 1.54) is 0 Å². The Balaban J connectivity index is 4.55. The van der Waals surface area contributed by atoms with E-state index in [0.717, 1.165) is 14.2 Å². The van der Waals surface area contributed by atoms with Crippen LogP contribution in [0.2, 0.25) is 0 Å². The van der Waals surface area contributed by atoms with E-state index in [-0.39, 0.29) is 4.90 Å². The molecule has 0 radical (unpaired) electrons. The van der Waals surface area contributed by atoms with Gasteiger partial charge in [-0.15, -0.1) is 4.90 Å². The van der Waals surface area contributed by atoms with Gasteiger partial charge in [0.05, 0.1) is 14.2 Å². The Bertz CT molecular complexity index is 199. The van der Waals surface area contributed by atoms with Gasteiger partial charge in [0.1, 0.15) is 0 Å². The maximum atomic E-state index is 10.7. The first-order valence-corrected chi connectivity index (χ1v) is 2.84. The van der Waals surface area contributed by atoms with E-state index in [0.29, 0.717) is 0 Å². The number of methoxy groups -OCH3 is 2. The van der Waals surface area contributed by atoms with Gasteiger partial charge in [-0.1, -0.05) is 0 Å². The highest BCUT2D eigenvalue weighted by Gasteiger charge is 2.25.